The molecule has 4 nitrogen and oxygen atoms in total. The number of hydrogen-bond acceptors (Lipinski definition) is 4. The summed E-state index contributed by atoms with van der Waals surface area (Å²) in [7, 11) is 0. The van der Waals surface area contributed by atoms with Crippen LogP contribution in [0.25, 0.3) is 10.6 Å². The van der Waals surface area contributed by atoms with Gasteiger partial charge in [0.2, 0.25) is 0 Å². The summed E-state index contributed by atoms with van der Waals surface area (Å²) < 4.78 is 13.8. The van der Waals surface area contributed by atoms with Gasteiger partial charge in [0, 0.05) is 50.1 Å². The van der Waals surface area contributed by atoms with Gasteiger partial charge in [0.25, 0.3) is 5.91 Å². The number of carbonyl (C=O) groups excluding carboxylic acids is 1. The average molecular weight is 343 g/mol. The minimum Gasteiger partial charge on any atom is -0.335 e. The van der Waals surface area contributed by atoms with Crippen molar-refractivity contribution in [1.82, 2.24) is 14.8 Å². The summed E-state index contributed by atoms with van der Waals surface area (Å²) in [4.78, 5) is 21.0. The third kappa shape index (κ3) is 3.64. The lowest BCUT2D eigenvalue weighted by Gasteiger charge is -2.34. The smallest absolute Gasteiger partial charge is 0.273 e. The summed E-state index contributed by atoms with van der Waals surface area (Å²) in [5.74, 6) is 2.22. The summed E-state index contributed by atoms with van der Waals surface area (Å²) in [6.45, 7) is 3.83. The fourth-order valence-electron chi connectivity index (χ4n) is 2.69. The lowest BCUT2D eigenvalue weighted by atomic mass is 10.2. The van der Waals surface area contributed by atoms with Crippen LogP contribution in [0, 0.1) is 18.2 Å². The lowest BCUT2D eigenvalue weighted by molar-refractivity contribution is 0.0635. The van der Waals surface area contributed by atoms with Gasteiger partial charge in [-0.1, -0.05) is 12.1 Å². The van der Waals surface area contributed by atoms with E-state index in [4.69, 9.17) is 6.42 Å². The Hall–Kier alpha value is -2.23. The van der Waals surface area contributed by atoms with Gasteiger partial charge in [-0.15, -0.1) is 23.7 Å². The van der Waals surface area contributed by atoms with E-state index in [-0.39, 0.29) is 11.7 Å². The Kier molecular flexibility index (Phi) is 5.24. The van der Waals surface area contributed by atoms with Crippen molar-refractivity contribution in [2.24, 2.45) is 0 Å². The predicted molar refractivity (Wildman–Crippen MR) is 93.3 cm³/mol. The zero-order chi connectivity index (χ0) is 16.9. The van der Waals surface area contributed by atoms with Crippen LogP contribution < -0.4 is 0 Å². The highest BCUT2D eigenvalue weighted by Gasteiger charge is 2.24. The van der Waals surface area contributed by atoms with Gasteiger partial charge in [0.15, 0.2) is 0 Å². The van der Waals surface area contributed by atoms with E-state index >= 15 is 0 Å². The Morgan fingerprint density at radius 3 is 2.75 bits per heavy atom. The van der Waals surface area contributed by atoms with Gasteiger partial charge in [0.05, 0.1) is 0 Å². The van der Waals surface area contributed by atoms with Crippen LogP contribution in [0.15, 0.2) is 29.6 Å². The summed E-state index contributed by atoms with van der Waals surface area (Å²) in [6, 6.07) is 6.47. The molecule has 0 atom stereocenters. The van der Waals surface area contributed by atoms with E-state index in [0.717, 1.165) is 26.1 Å². The first-order chi connectivity index (χ1) is 11.7. The maximum Gasteiger partial charge on any atom is 0.273 e. The third-order valence-corrected chi connectivity index (χ3v) is 4.94. The summed E-state index contributed by atoms with van der Waals surface area (Å²) in [5.41, 5.74) is 0.816. The van der Waals surface area contributed by atoms with E-state index < -0.39 is 0 Å². The molecule has 0 unspecified atom stereocenters. The Bertz CT molecular complexity index is 760. The van der Waals surface area contributed by atoms with Gasteiger partial charge in [0.1, 0.15) is 16.5 Å². The van der Waals surface area contributed by atoms with Crippen molar-refractivity contribution < 1.29 is 9.18 Å². The largest absolute Gasteiger partial charge is 0.335 e. The number of carbonyl (C=O) groups is 1. The summed E-state index contributed by atoms with van der Waals surface area (Å²) in [5, 5.41) is 2.23. The first-order valence-corrected chi connectivity index (χ1v) is 8.72. The number of aromatic nitrogens is 1. The van der Waals surface area contributed by atoms with Crippen molar-refractivity contribution in [3.8, 4) is 22.9 Å². The summed E-state index contributed by atoms with van der Waals surface area (Å²) >= 11 is 1.29. The van der Waals surface area contributed by atoms with E-state index in [2.05, 4.69) is 15.8 Å². The number of amides is 1. The van der Waals surface area contributed by atoms with Crippen LogP contribution >= 0.6 is 11.3 Å². The number of nitrogens with zero attached hydrogens (tertiary/aromatic N) is 3. The van der Waals surface area contributed by atoms with Crippen molar-refractivity contribution >= 4 is 17.2 Å². The Morgan fingerprint density at radius 2 is 2.04 bits per heavy atom. The molecule has 0 bridgehead atoms. The molecular formula is C18H18FN3OS. The number of benzene rings is 1. The molecule has 3 rings (SSSR count). The third-order valence-electron chi connectivity index (χ3n) is 4.06. The monoisotopic (exact) mass is 343 g/mol. The number of rotatable bonds is 4. The molecule has 2 aromatic rings. The highest BCUT2D eigenvalue weighted by Crippen LogP contribution is 2.26. The second-order valence-electron chi connectivity index (χ2n) is 5.61. The zero-order valence-electron chi connectivity index (χ0n) is 13.2. The minimum absolute atomic E-state index is 0.0922. The molecule has 1 aliphatic rings. The van der Waals surface area contributed by atoms with Crippen LogP contribution in [-0.2, 0) is 0 Å². The standard InChI is InChI=1S/C18H18FN3OS/c1-2-3-8-21-9-11-22(12-10-21)18(23)16-13-24-17(20-16)14-6-4-5-7-15(14)19/h1,4-7,13H,3,8-12H2. The van der Waals surface area contributed by atoms with Crippen molar-refractivity contribution in [2.75, 3.05) is 32.7 Å². The van der Waals surface area contributed by atoms with Crippen molar-refractivity contribution in [2.45, 2.75) is 6.42 Å². The molecule has 24 heavy (non-hydrogen) atoms. The number of halogens is 1. The van der Waals surface area contributed by atoms with Crippen LogP contribution in [-0.4, -0.2) is 53.4 Å². The molecule has 0 N–H and O–H groups in total. The normalized spacial score (nSPS) is 15.2. The molecule has 2 heterocycles. The van der Waals surface area contributed by atoms with Crippen LogP contribution in [0.5, 0.6) is 0 Å². The van der Waals surface area contributed by atoms with Gasteiger partial charge in [-0.05, 0) is 12.1 Å². The van der Waals surface area contributed by atoms with Crippen molar-refractivity contribution in [3.63, 3.8) is 0 Å². The molecular weight excluding hydrogens is 325 g/mol. The van der Waals surface area contributed by atoms with E-state index in [1.165, 1.54) is 17.4 Å². The highest BCUT2D eigenvalue weighted by molar-refractivity contribution is 7.13. The molecule has 124 valence electrons. The molecule has 1 aromatic carbocycles. The molecule has 1 saturated heterocycles. The average Bonchev–Trinajstić information content (AvgIpc) is 3.10. The number of terminal acetylenes is 1. The lowest BCUT2D eigenvalue weighted by Crippen LogP contribution is -2.48. The second-order valence-corrected chi connectivity index (χ2v) is 6.46. The van der Waals surface area contributed by atoms with Crippen LogP contribution in [0.1, 0.15) is 16.9 Å². The van der Waals surface area contributed by atoms with Crippen molar-refractivity contribution in [1.29, 1.82) is 0 Å². The van der Waals surface area contributed by atoms with Gasteiger partial charge in [-0.2, -0.15) is 0 Å². The molecule has 1 aromatic heterocycles. The Morgan fingerprint density at radius 1 is 1.29 bits per heavy atom. The summed E-state index contributed by atoms with van der Waals surface area (Å²) in [6.07, 6.45) is 6.01. The molecule has 6 heteroatoms. The van der Waals surface area contributed by atoms with Gasteiger partial charge in [-0.25, -0.2) is 9.37 Å². The zero-order valence-corrected chi connectivity index (χ0v) is 14.1. The van der Waals surface area contributed by atoms with Crippen molar-refractivity contribution in [3.05, 3.63) is 41.2 Å². The minimum atomic E-state index is -0.326. The molecule has 1 fully saturated rings. The topological polar surface area (TPSA) is 36.4 Å². The van der Waals surface area contributed by atoms with Crippen LogP contribution in [0.3, 0.4) is 0 Å². The quantitative estimate of drug-likeness (QED) is 0.801. The molecule has 1 aliphatic heterocycles. The van der Waals surface area contributed by atoms with Crippen LogP contribution in [0.4, 0.5) is 4.39 Å². The van der Waals surface area contributed by atoms with Gasteiger partial charge >= 0.3 is 0 Å². The van der Waals surface area contributed by atoms with E-state index in [9.17, 15) is 9.18 Å². The number of thiazole rings is 1. The SMILES string of the molecule is C#CCCN1CCN(C(=O)c2csc(-c3ccccc3F)n2)CC1. The first-order valence-electron chi connectivity index (χ1n) is 7.84. The molecule has 0 aliphatic carbocycles. The molecule has 0 spiro atoms. The van der Waals surface area contributed by atoms with E-state index in [0.29, 0.717) is 29.4 Å². The fourth-order valence-corrected chi connectivity index (χ4v) is 3.51. The van der Waals surface area contributed by atoms with E-state index in [1.807, 2.05) is 0 Å². The number of hydrogen-bond donors (Lipinski definition) is 0. The highest BCUT2D eigenvalue weighted by atomic mass is 32.1. The number of piperazine rings is 1. The predicted octanol–water partition coefficient (Wildman–Crippen LogP) is 2.73. The molecule has 0 radical (unpaired) electrons. The fraction of sp³-hybridized carbons (Fsp3) is 0.333. The molecule has 0 saturated carbocycles. The van der Waals surface area contributed by atoms with Gasteiger partial charge < -0.3 is 4.90 Å². The molecule has 1 amide bonds. The van der Waals surface area contributed by atoms with Gasteiger partial charge in [-0.3, -0.25) is 9.69 Å². The van der Waals surface area contributed by atoms with Crippen LogP contribution in [0.2, 0.25) is 0 Å². The Labute approximate surface area is 144 Å². The maximum absolute atomic E-state index is 13.8. The second kappa shape index (κ2) is 7.56. The van der Waals surface area contributed by atoms with E-state index in [1.54, 1.807) is 28.5 Å². The Balaban J connectivity index is 1.65. The maximum atomic E-state index is 13.8. The first kappa shape index (κ1) is 16.6.